The summed E-state index contributed by atoms with van der Waals surface area (Å²) in [7, 11) is 0. The Bertz CT molecular complexity index is 1200. The monoisotopic (exact) mass is 449 g/mol. The molecule has 0 N–H and O–H groups in total. The third-order valence-corrected chi connectivity index (χ3v) is 5.14. The van der Waals surface area contributed by atoms with Crippen LogP contribution in [-0.2, 0) is 6.61 Å². The van der Waals surface area contributed by atoms with Gasteiger partial charge >= 0.3 is 0 Å². The summed E-state index contributed by atoms with van der Waals surface area (Å²) in [4.78, 5) is 16.4. The molecule has 7 heteroatoms. The molecule has 0 unspecified atom stereocenters. The van der Waals surface area contributed by atoms with Crippen molar-refractivity contribution >= 4 is 35.1 Å². The second-order valence-corrected chi connectivity index (χ2v) is 7.52. The molecule has 0 saturated heterocycles. The van der Waals surface area contributed by atoms with Crippen LogP contribution in [0.2, 0.25) is 10.0 Å². The fraction of sp³-hybridized carbons (Fsp3) is 0.0417. The molecule has 0 aliphatic heterocycles. The van der Waals surface area contributed by atoms with E-state index in [1.165, 1.54) is 6.33 Å². The summed E-state index contributed by atoms with van der Waals surface area (Å²) in [6, 6.07) is 19.9. The smallest absolute Gasteiger partial charge is 0.185 e. The molecule has 0 fully saturated rings. The van der Waals surface area contributed by atoms with Crippen LogP contribution in [0.4, 0.5) is 0 Å². The molecule has 1 heterocycles. The quantitative estimate of drug-likeness (QED) is 0.254. The first-order chi connectivity index (χ1) is 15.1. The first-order valence-corrected chi connectivity index (χ1v) is 10.2. The van der Waals surface area contributed by atoms with Gasteiger partial charge in [0, 0.05) is 21.2 Å². The lowest BCUT2D eigenvalue weighted by atomic mass is 10.1. The number of benzene rings is 3. The topological polar surface area (TPSA) is 57.0 Å². The first kappa shape index (κ1) is 20.8. The third-order valence-electron chi connectivity index (χ3n) is 4.55. The van der Waals surface area contributed by atoms with Crippen LogP contribution in [0.25, 0.3) is 11.8 Å². The van der Waals surface area contributed by atoms with Crippen LogP contribution in [0.5, 0.6) is 5.75 Å². The highest BCUT2D eigenvalue weighted by Gasteiger charge is 2.05. The van der Waals surface area contributed by atoms with Crippen molar-refractivity contribution in [3.05, 3.63) is 112 Å². The zero-order valence-electron chi connectivity index (χ0n) is 16.3. The molecular formula is C24H17Cl2N3O2. The summed E-state index contributed by atoms with van der Waals surface area (Å²) in [6.07, 6.45) is 6.44. The summed E-state index contributed by atoms with van der Waals surface area (Å²) in [6.45, 7) is 0.313. The molecular weight excluding hydrogens is 433 g/mol. The van der Waals surface area contributed by atoms with Crippen LogP contribution in [0, 0.1) is 0 Å². The number of aromatic nitrogens is 3. The van der Waals surface area contributed by atoms with Gasteiger partial charge in [-0.15, -0.1) is 0 Å². The highest BCUT2D eigenvalue weighted by atomic mass is 35.5. The summed E-state index contributed by atoms with van der Waals surface area (Å²) in [5, 5.41) is 5.22. The Morgan fingerprint density at radius 3 is 2.45 bits per heavy atom. The first-order valence-electron chi connectivity index (χ1n) is 9.43. The number of carbonyl (C=O) groups excluding carboxylic acids is 1. The zero-order valence-corrected chi connectivity index (χ0v) is 17.8. The average Bonchev–Trinajstić information content (AvgIpc) is 3.33. The van der Waals surface area contributed by atoms with Crippen LogP contribution in [-0.4, -0.2) is 20.5 Å². The number of allylic oxidation sites excluding steroid dienone is 1. The van der Waals surface area contributed by atoms with Gasteiger partial charge in [-0.3, -0.25) is 4.79 Å². The number of ketones is 1. The van der Waals surface area contributed by atoms with Gasteiger partial charge in [-0.1, -0.05) is 47.5 Å². The maximum atomic E-state index is 12.5. The molecule has 0 saturated carbocycles. The minimum Gasteiger partial charge on any atom is -0.489 e. The van der Waals surface area contributed by atoms with Gasteiger partial charge in [-0.05, 0) is 60.2 Å². The van der Waals surface area contributed by atoms with Crippen molar-refractivity contribution in [3.63, 3.8) is 0 Å². The zero-order chi connectivity index (χ0) is 21.6. The van der Waals surface area contributed by atoms with Gasteiger partial charge in [0.1, 0.15) is 25.0 Å². The molecule has 4 rings (SSSR count). The Hall–Kier alpha value is -3.41. The van der Waals surface area contributed by atoms with Crippen molar-refractivity contribution in [2.24, 2.45) is 0 Å². The van der Waals surface area contributed by atoms with Gasteiger partial charge < -0.3 is 4.74 Å². The molecule has 0 aliphatic rings. The largest absolute Gasteiger partial charge is 0.489 e. The van der Waals surface area contributed by atoms with Crippen molar-refractivity contribution < 1.29 is 9.53 Å². The predicted molar refractivity (Wildman–Crippen MR) is 122 cm³/mol. The fourth-order valence-electron chi connectivity index (χ4n) is 2.86. The van der Waals surface area contributed by atoms with E-state index in [4.69, 9.17) is 27.9 Å². The van der Waals surface area contributed by atoms with Crippen LogP contribution < -0.4 is 4.74 Å². The number of hydrogen-bond acceptors (Lipinski definition) is 4. The maximum absolute atomic E-state index is 12.5. The third kappa shape index (κ3) is 5.40. The number of nitrogens with zero attached hydrogens (tertiary/aromatic N) is 3. The molecule has 3 aromatic carbocycles. The molecule has 4 aromatic rings. The molecule has 0 aliphatic carbocycles. The van der Waals surface area contributed by atoms with Gasteiger partial charge in [-0.25, -0.2) is 9.67 Å². The van der Waals surface area contributed by atoms with Crippen molar-refractivity contribution in [2.45, 2.75) is 6.61 Å². The van der Waals surface area contributed by atoms with E-state index < -0.39 is 0 Å². The number of carbonyl (C=O) groups is 1. The molecule has 154 valence electrons. The van der Waals surface area contributed by atoms with Crippen molar-refractivity contribution in [2.75, 3.05) is 0 Å². The summed E-state index contributed by atoms with van der Waals surface area (Å²) in [5.41, 5.74) is 3.23. The average molecular weight is 450 g/mol. The molecule has 31 heavy (non-hydrogen) atoms. The molecule has 0 atom stereocenters. The summed E-state index contributed by atoms with van der Waals surface area (Å²) < 4.78 is 7.42. The van der Waals surface area contributed by atoms with Crippen LogP contribution >= 0.6 is 23.2 Å². The van der Waals surface area contributed by atoms with Gasteiger partial charge in [0.25, 0.3) is 0 Å². The van der Waals surface area contributed by atoms with E-state index >= 15 is 0 Å². The SMILES string of the molecule is O=C(/C=C/c1ccc(-n2cncn2)cc1)c1ccc(OCc2ccc(Cl)cc2Cl)cc1. The van der Waals surface area contributed by atoms with Crippen LogP contribution in [0.3, 0.4) is 0 Å². The van der Waals surface area contributed by atoms with Gasteiger partial charge in [0.2, 0.25) is 0 Å². The molecule has 5 nitrogen and oxygen atoms in total. The minimum absolute atomic E-state index is 0.0901. The molecule has 0 radical (unpaired) electrons. The fourth-order valence-corrected chi connectivity index (χ4v) is 3.33. The second kappa shape index (κ2) is 9.60. The number of halogens is 2. The number of hydrogen-bond donors (Lipinski definition) is 0. The van der Waals surface area contributed by atoms with E-state index in [9.17, 15) is 4.79 Å². The van der Waals surface area contributed by atoms with E-state index in [2.05, 4.69) is 10.1 Å². The molecule has 0 spiro atoms. The molecule has 0 amide bonds. The Morgan fingerprint density at radius 2 is 1.77 bits per heavy atom. The Kier molecular flexibility index (Phi) is 6.46. The summed E-state index contributed by atoms with van der Waals surface area (Å²) >= 11 is 12.1. The van der Waals surface area contributed by atoms with Gasteiger partial charge in [0.15, 0.2) is 5.78 Å². The highest BCUT2D eigenvalue weighted by molar-refractivity contribution is 6.35. The lowest BCUT2D eigenvalue weighted by molar-refractivity contribution is 0.104. The van der Waals surface area contributed by atoms with E-state index in [0.29, 0.717) is 28.0 Å². The van der Waals surface area contributed by atoms with E-state index in [1.54, 1.807) is 59.6 Å². The Balaban J connectivity index is 1.35. The lowest BCUT2D eigenvalue weighted by Crippen LogP contribution is -1.98. The van der Waals surface area contributed by atoms with E-state index in [0.717, 1.165) is 16.8 Å². The number of ether oxygens (including phenoxy) is 1. The normalized spacial score (nSPS) is 11.0. The van der Waals surface area contributed by atoms with Gasteiger partial charge in [0.05, 0.1) is 5.69 Å². The maximum Gasteiger partial charge on any atom is 0.185 e. The molecule has 0 bridgehead atoms. The Labute approximate surface area is 189 Å². The highest BCUT2D eigenvalue weighted by Crippen LogP contribution is 2.23. The van der Waals surface area contributed by atoms with Crippen molar-refractivity contribution in [1.29, 1.82) is 0 Å². The van der Waals surface area contributed by atoms with E-state index in [-0.39, 0.29) is 5.78 Å². The van der Waals surface area contributed by atoms with Crippen LogP contribution in [0.1, 0.15) is 21.5 Å². The number of rotatable bonds is 7. The summed E-state index contributed by atoms with van der Waals surface area (Å²) in [5.74, 6) is 0.558. The van der Waals surface area contributed by atoms with Crippen molar-refractivity contribution in [1.82, 2.24) is 14.8 Å². The minimum atomic E-state index is -0.0901. The second-order valence-electron chi connectivity index (χ2n) is 6.68. The Morgan fingerprint density at radius 1 is 1.00 bits per heavy atom. The van der Waals surface area contributed by atoms with Crippen LogP contribution in [0.15, 0.2) is 85.5 Å². The predicted octanol–water partition coefficient (Wildman–Crippen LogP) is 6.05. The molecule has 1 aromatic heterocycles. The lowest BCUT2D eigenvalue weighted by Gasteiger charge is -2.08. The standard InChI is InChI=1S/C24H17Cl2N3O2/c25-20-7-4-19(23(26)13-20)14-31-22-10-5-18(6-11-22)24(30)12-3-17-1-8-21(9-2-17)29-16-27-15-28-29/h1-13,15-16H,14H2/b12-3+. The van der Waals surface area contributed by atoms with E-state index in [1.807, 2.05) is 30.3 Å². The van der Waals surface area contributed by atoms with Gasteiger partial charge in [-0.2, -0.15) is 5.10 Å². The van der Waals surface area contributed by atoms with Crippen molar-refractivity contribution in [3.8, 4) is 11.4 Å².